The van der Waals surface area contributed by atoms with Crippen LogP contribution >= 0.6 is 0 Å². The van der Waals surface area contributed by atoms with E-state index in [2.05, 4.69) is 15.5 Å². The smallest absolute Gasteiger partial charge is 0.234 e. The predicted octanol–water partition coefficient (Wildman–Crippen LogP) is 0.580. The Bertz CT molecular complexity index is 364. The van der Waals surface area contributed by atoms with E-state index in [0.717, 1.165) is 18.8 Å². The van der Waals surface area contributed by atoms with Gasteiger partial charge in [-0.25, -0.2) is 0 Å². The molecule has 0 aromatic carbocycles. The van der Waals surface area contributed by atoms with Gasteiger partial charge in [0.25, 0.3) is 0 Å². The van der Waals surface area contributed by atoms with Crippen LogP contribution in [0.15, 0.2) is 22.8 Å². The number of likely N-dealkylation sites (tertiary alicyclic amines) is 1. The molecule has 1 aromatic heterocycles. The van der Waals surface area contributed by atoms with Crippen LogP contribution < -0.4 is 10.6 Å². The van der Waals surface area contributed by atoms with Crippen molar-refractivity contribution in [3.05, 3.63) is 24.2 Å². The molecule has 5 nitrogen and oxygen atoms in total. The zero-order chi connectivity index (χ0) is 12.8. The van der Waals surface area contributed by atoms with Crippen molar-refractivity contribution in [3.63, 3.8) is 0 Å². The number of carbonyl (C=O) groups is 1. The Labute approximate surface area is 108 Å². The van der Waals surface area contributed by atoms with Crippen LogP contribution in [-0.4, -0.2) is 43.5 Å². The Balaban J connectivity index is 1.73. The van der Waals surface area contributed by atoms with E-state index >= 15 is 0 Å². The fourth-order valence-corrected chi connectivity index (χ4v) is 2.41. The van der Waals surface area contributed by atoms with Crippen LogP contribution in [0, 0.1) is 0 Å². The zero-order valence-corrected chi connectivity index (χ0v) is 10.8. The summed E-state index contributed by atoms with van der Waals surface area (Å²) in [5.74, 6) is 0.853. The summed E-state index contributed by atoms with van der Waals surface area (Å²) in [4.78, 5) is 14.1. The van der Waals surface area contributed by atoms with Gasteiger partial charge in [-0.2, -0.15) is 0 Å². The second-order valence-electron chi connectivity index (χ2n) is 4.68. The molecule has 1 fully saturated rings. The Morgan fingerprint density at radius 2 is 2.50 bits per heavy atom. The SMILES string of the molecule is CNCC1CCCN1CC(=O)NCc1ccco1. The number of nitrogens with zero attached hydrogens (tertiary/aromatic N) is 1. The molecule has 5 heteroatoms. The highest BCUT2D eigenvalue weighted by atomic mass is 16.3. The standard InChI is InChI=1S/C13H21N3O2/c1-14-8-11-4-2-6-16(11)10-13(17)15-9-12-5-3-7-18-12/h3,5,7,11,14H,2,4,6,8-10H2,1H3,(H,15,17). The van der Waals surface area contributed by atoms with Crippen LogP contribution in [0.5, 0.6) is 0 Å². The average molecular weight is 251 g/mol. The molecular weight excluding hydrogens is 230 g/mol. The van der Waals surface area contributed by atoms with Gasteiger partial charge in [-0.05, 0) is 38.6 Å². The lowest BCUT2D eigenvalue weighted by Gasteiger charge is -2.23. The predicted molar refractivity (Wildman–Crippen MR) is 69.1 cm³/mol. The van der Waals surface area contributed by atoms with Gasteiger partial charge in [0, 0.05) is 12.6 Å². The Morgan fingerprint density at radius 1 is 1.61 bits per heavy atom. The van der Waals surface area contributed by atoms with Crippen LogP contribution in [0.4, 0.5) is 0 Å². The van der Waals surface area contributed by atoms with E-state index in [9.17, 15) is 4.79 Å². The van der Waals surface area contributed by atoms with Crippen molar-refractivity contribution in [2.45, 2.75) is 25.4 Å². The van der Waals surface area contributed by atoms with Crippen LogP contribution in [-0.2, 0) is 11.3 Å². The van der Waals surface area contributed by atoms with Crippen LogP contribution in [0.2, 0.25) is 0 Å². The van der Waals surface area contributed by atoms with Gasteiger partial charge in [0.2, 0.25) is 5.91 Å². The summed E-state index contributed by atoms with van der Waals surface area (Å²) < 4.78 is 5.18. The van der Waals surface area contributed by atoms with E-state index in [1.807, 2.05) is 19.2 Å². The van der Waals surface area contributed by atoms with E-state index in [-0.39, 0.29) is 5.91 Å². The number of carbonyl (C=O) groups excluding carboxylic acids is 1. The van der Waals surface area contributed by atoms with Gasteiger partial charge in [-0.15, -0.1) is 0 Å². The number of amides is 1. The summed E-state index contributed by atoms with van der Waals surface area (Å²) in [6, 6.07) is 4.18. The highest BCUT2D eigenvalue weighted by Gasteiger charge is 2.25. The number of likely N-dealkylation sites (N-methyl/N-ethyl adjacent to an activating group) is 1. The Hall–Kier alpha value is -1.33. The maximum Gasteiger partial charge on any atom is 0.234 e. The van der Waals surface area contributed by atoms with Crippen LogP contribution in [0.25, 0.3) is 0 Å². The van der Waals surface area contributed by atoms with E-state index in [1.54, 1.807) is 6.26 Å². The number of rotatable bonds is 6. The summed E-state index contributed by atoms with van der Waals surface area (Å²) in [5.41, 5.74) is 0. The lowest BCUT2D eigenvalue weighted by atomic mass is 10.2. The molecular formula is C13H21N3O2. The molecule has 1 aromatic rings. The quantitative estimate of drug-likeness (QED) is 0.776. The maximum absolute atomic E-state index is 11.8. The summed E-state index contributed by atoms with van der Waals surface area (Å²) in [7, 11) is 1.95. The molecule has 1 saturated heterocycles. The summed E-state index contributed by atoms with van der Waals surface area (Å²) in [6.45, 7) is 2.91. The summed E-state index contributed by atoms with van der Waals surface area (Å²) >= 11 is 0. The van der Waals surface area contributed by atoms with Crippen LogP contribution in [0.1, 0.15) is 18.6 Å². The van der Waals surface area contributed by atoms with Crippen molar-refractivity contribution >= 4 is 5.91 Å². The Morgan fingerprint density at radius 3 is 3.22 bits per heavy atom. The highest BCUT2D eigenvalue weighted by Crippen LogP contribution is 2.15. The number of nitrogens with one attached hydrogen (secondary N) is 2. The second-order valence-corrected chi connectivity index (χ2v) is 4.68. The van der Waals surface area contributed by atoms with Crippen molar-refractivity contribution in [2.24, 2.45) is 0 Å². The van der Waals surface area contributed by atoms with E-state index < -0.39 is 0 Å². The fraction of sp³-hybridized carbons (Fsp3) is 0.615. The summed E-state index contributed by atoms with van der Waals surface area (Å²) in [6.07, 6.45) is 3.97. The minimum atomic E-state index is 0.0643. The molecule has 1 amide bonds. The third-order valence-electron chi connectivity index (χ3n) is 3.33. The molecule has 0 spiro atoms. The topological polar surface area (TPSA) is 57.5 Å². The fourth-order valence-electron chi connectivity index (χ4n) is 2.41. The molecule has 0 aliphatic carbocycles. The molecule has 18 heavy (non-hydrogen) atoms. The monoisotopic (exact) mass is 251 g/mol. The first-order chi connectivity index (χ1) is 8.79. The average Bonchev–Trinajstić information content (AvgIpc) is 2.99. The van der Waals surface area contributed by atoms with Crippen molar-refractivity contribution < 1.29 is 9.21 Å². The molecule has 1 aliphatic heterocycles. The van der Waals surface area contributed by atoms with E-state index in [1.165, 1.54) is 12.8 Å². The van der Waals surface area contributed by atoms with Gasteiger partial charge in [0.05, 0.1) is 19.4 Å². The number of hydrogen-bond donors (Lipinski definition) is 2. The van der Waals surface area contributed by atoms with Crippen molar-refractivity contribution in [1.29, 1.82) is 0 Å². The first-order valence-corrected chi connectivity index (χ1v) is 6.47. The molecule has 1 atom stereocenters. The van der Waals surface area contributed by atoms with Gasteiger partial charge in [0.1, 0.15) is 5.76 Å². The highest BCUT2D eigenvalue weighted by molar-refractivity contribution is 5.78. The molecule has 1 unspecified atom stereocenters. The minimum absolute atomic E-state index is 0.0643. The number of hydrogen-bond acceptors (Lipinski definition) is 4. The summed E-state index contributed by atoms with van der Waals surface area (Å²) in [5, 5.41) is 6.06. The normalized spacial score (nSPS) is 20.2. The first-order valence-electron chi connectivity index (χ1n) is 6.47. The molecule has 1 aliphatic rings. The third-order valence-corrected chi connectivity index (χ3v) is 3.33. The maximum atomic E-state index is 11.8. The molecule has 2 rings (SSSR count). The molecule has 2 heterocycles. The first kappa shape index (κ1) is 13.1. The van der Waals surface area contributed by atoms with Gasteiger partial charge < -0.3 is 15.1 Å². The molecule has 0 saturated carbocycles. The molecule has 100 valence electrons. The lowest BCUT2D eigenvalue weighted by molar-refractivity contribution is -0.122. The number of furan rings is 1. The van der Waals surface area contributed by atoms with E-state index in [0.29, 0.717) is 19.1 Å². The minimum Gasteiger partial charge on any atom is -0.467 e. The largest absolute Gasteiger partial charge is 0.467 e. The van der Waals surface area contributed by atoms with Crippen molar-refractivity contribution in [1.82, 2.24) is 15.5 Å². The lowest BCUT2D eigenvalue weighted by Crippen LogP contribution is -2.43. The van der Waals surface area contributed by atoms with Gasteiger partial charge in [0.15, 0.2) is 0 Å². The van der Waals surface area contributed by atoms with Crippen molar-refractivity contribution in [3.8, 4) is 0 Å². The Kier molecular flexibility index (Phi) is 4.78. The third kappa shape index (κ3) is 3.58. The van der Waals surface area contributed by atoms with Crippen LogP contribution in [0.3, 0.4) is 0 Å². The van der Waals surface area contributed by atoms with Gasteiger partial charge in [-0.3, -0.25) is 9.69 Å². The van der Waals surface area contributed by atoms with Crippen molar-refractivity contribution in [2.75, 3.05) is 26.7 Å². The molecule has 0 radical (unpaired) electrons. The van der Waals surface area contributed by atoms with E-state index in [4.69, 9.17) is 4.42 Å². The van der Waals surface area contributed by atoms with Gasteiger partial charge in [-0.1, -0.05) is 0 Å². The zero-order valence-electron chi connectivity index (χ0n) is 10.8. The second kappa shape index (κ2) is 6.56. The molecule has 2 N–H and O–H groups in total. The van der Waals surface area contributed by atoms with Gasteiger partial charge >= 0.3 is 0 Å². The molecule has 0 bridgehead atoms.